The van der Waals surface area contributed by atoms with Crippen LogP contribution in [-0.4, -0.2) is 38.0 Å². The van der Waals surface area contributed by atoms with Crippen molar-refractivity contribution >= 4 is 5.91 Å². The van der Waals surface area contributed by atoms with E-state index in [1.807, 2.05) is 0 Å². The predicted octanol–water partition coefficient (Wildman–Crippen LogP) is 0.359. The lowest BCUT2D eigenvalue weighted by atomic mass is 9.81. The summed E-state index contributed by atoms with van der Waals surface area (Å²) in [5, 5.41) is 0. The smallest absolute Gasteiger partial charge is 0.240 e. The van der Waals surface area contributed by atoms with Gasteiger partial charge in [-0.1, -0.05) is 0 Å². The van der Waals surface area contributed by atoms with Crippen molar-refractivity contribution in [3.05, 3.63) is 0 Å². The average molecular weight is 211 g/mol. The number of carbonyl (C=O) groups is 1. The van der Waals surface area contributed by atoms with Crippen LogP contribution < -0.4 is 10.9 Å². The minimum absolute atomic E-state index is 0.0235. The maximum absolute atomic E-state index is 11.9. The summed E-state index contributed by atoms with van der Waals surface area (Å²) in [7, 11) is 3.91. The molecule has 0 aromatic rings. The molecule has 0 aromatic carbocycles. The zero-order valence-electron chi connectivity index (χ0n) is 9.68. The molecule has 1 amide bonds. The van der Waals surface area contributed by atoms with Gasteiger partial charge < -0.3 is 4.90 Å². The number of hydrazine groups is 1. The first-order chi connectivity index (χ1) is 7.19. The predicted molar refractivity (Wildman–Crippen MR) is 59.1 cm³/mol. The topological polar surface area (TPSA) is 44.4 Å². The number of piperidine rings is 1. The second kappa shape index (κ2) is 4.10. The highest BCUT2D eigenvalue weighted by Crippen LogP contribution is 2.55. The Kier molecular flexibility index (Phi) is 2.98. The molecule has 1 saturated carbocycles. The van der Waals surface area contributed by atoms with Gasteiger partial charge in [0.05, 0.1) is 5.41 Å². The third-order valence-corrected chi connectivity index (χ3v) is 3.98. The van der Waals surface area contributed by atoms with Crippen molar-refractivity contribution in [1.29, 1.82) is 0 Å². The molecular formula is C11H21N3O. The van der Waals surface area contributed by atoms with Crippen LogP contribution in [-0.2, 0) is 4.79 Å². The highest BCUT2D eigenvalue weighted by atomic mass is 16.2. The maximum atomic E-state index is 11.9. The maximum Gasteiger partial charge on any atom is 0.240 e. The van der Waals surface area contributed by atoms with E-state index in [2.05, 4.69) is 22.8 Å². The standard InChI is InChI=1S/C11H21N3O/c1-12-13-10(15)11(5-6-11)9-3-7-14(2)8-4-9/h9,12H,3-8H2,1-2H3,(H,13,15). The highest BCUT2D eigenvalue weighted by Gasteiger charge is 2.55. The Balaban J connectivity index is 1.94. The Labute approximate surface area is 91.4 Å². The molecule has 4 heteroatoms. The molecule has 2 aliphatic rings. The van der Waals surface area contributed by atoms with Crippen molar-refractivity contribution in [3.8, 4) is 0 Å². The molecule has 0 atom stereocenters. The Morgan fingerprint density at radius 3 is 2.40 bits per heavy atom. The van der Waals surface area contributed by atoms with Crippen molar-refractivity contribution in [3.63, 3.8) is 0 Å². The quantitative estimate of drug-likeness (QED) is 0.662. The molecule has 0 unspecified atom stereocenters. The van der Waals surface area contributed by atoms with E-state index in [4.69, 9.17) is 0 Å². The van der Waals surface area contributed by atoms with Crippen molar-refractivity contribution in [2.75, 3.05) is 27.2 Å². The number of hydrogen-bond donors (Lipinski definition) is 2. The number of nitrogens with one attached hydrogen (secondary N) is 2. The summed E-state index contributed by atoms with van der Waals surface area (Å²) < 4.78 is 0. The fourth-order valence-corrected chi connectivity index (χ4v) is 2.75. The van der Waals surface area contributed by atoms with Gasteiger partial charge in [0, 0.05) is 7.05 Å². The molecule has 0 radical (unpaired) electrons. The summed E-state index contributed by atoms with van der Waals surface area (Å²) in [4.78, 5) is 14.3. The van der Waals surface area contributed by atoms with E-state index in [9.17, 15) is 4.79 Å². The first-order valence-corrected chi connectivity index (χ1v) is 5.85. The second-order valence-electron chi connectivity index (χ2n) is 4.94. The van der Waals surface area contributed by atoms with Gasteiger partial charge in [-0.05, 0) is 51.7 Å². The van der Waals surface area contributed by atoms with Gasteiger partial charge in [-0.25, -0.2) is 5.43 Å². The molecule has 0 spiro atoms. The number of likely N-dealkylation sites (tertiary alicyclic amines) is 1. The van der Waals surface area contributed by atoms with Gasteiger partial charge in [0.25, 0.3) is 0 Å². The fourth-order valence-electron chi connectivity index (χ4n) is 2.75. The SMILES string of the molecule is CNNC(=O)C1(C2CCN(C)CC2)CC1. The van der Waals surface area contributed by atoms with Gasteiger partial charge in [-0.15, -0.1) is 0 Å². The molecule has 0 bridgehead atoms. The number of rotatable bonds is 3. The summed E-state index contributed by atoms with van der Waals surface area (Å²) in [6, 6.07) is 0. The monoisotopic (exact) mass is 211 g/mol. The van der Waals surface area contributed by atoms with Crippen LogP contribution in [0.15, 0.2) is 0 Å². The molecule has 15 heavy (non-hydrogen) atoms. The van der Waals surface area contributed by atoms with Gasteiger partial charge in [0.15, 0.2) is 0 Å². The molecule has 1 aliphatic heterocycles. The van der Waals surface area contributed by atoms with E-state index in [1.165, 1.54) is 12.8 Å². The Morgan fingerprint density at radius 2 is 1.93 bits per heavy atom. The van der Waals surface area contributed by atoms with E-state index in [-0.39, 0.29) is 11.3 Å². The third kappa shape index (κ3) is 2.01. The van der Waals surface area contributed by atoms with Crippen LogP contribution in [0.25, 0.3) is 0 Å². The molecular weight excluding hydrogens is 190 g/mol. The Morgan fingerprint density at radius 1 is 1.33 bits per heavy atom. The number of nitrogens with zero attached hydrogens (tertiary/aromatic N) is 1. The zero-order chi connectivity index (χ0) is 10.9. The van der Waals surface area contributed by atoms with Gasteiger partial charge in [0.1, 0.15) is 0 Å². The Bertz CT molecular complexity index is 242. The molecule has 1 heterocycles. The fraction of sp³-hybridized carbons (Fsp3) is 0.909. The molecule has 1 saturated heterocycles. The normalized spacial score (nSPS) is 26.3. The van der Waals surface area contributed by atoms with Crippen molar-refractivity contribution < 1.29 is 4.79 Å². The average Bonchev–Trinajstić information content (AvgIpc) is 3.00. The van der Waals surface area contributed by atoms with Crippen LogP contribution in [0, 0.1) is 11.3 Å². The lowest BCUT2D eigenvalue weighted by molar-refractivity contribution is -0.130. The van der Waals surface area contributed by atoms with Crippen LogP contribution in [0.3, 0.4) is 0 Å². The summed E-state index contributed by atoms with van der Waals surface area (Å²) in [5.74, 6) is 0.807. The first kappa shape index (κ1) is 10.9. The largest absolute Gasteiger partial charge is 0.306 e. The summed E-state index contributed by atoms with van der Waals surface area (Å²) in [6.45, 7) is 2.28. The molecule has 2 fully saturated rings. The molecule has 2 rings (SSSR count). The van der Waals surface area contributed by atoms with Crippen LogP contribution in [0.5, 0.6) is 0 Å². The second-order valence-corrected chi connectivity index (χ2v) is 4.94. The lowest BCUT2D eigenvalue weighted by Gasteiger charge is -2.33. The van der Waals surface area contributed by atoms with E-state index in [0.29, 0.717) is 5.92 Å². The number of carbonyl (C=O) groups excluding carboxylic acids is 1. The van der Waals surface area contributed by atoms with Gasteiger partial charge in [0.2, 0.25) is 5.91 Å². The lowest BCUT2D eigenvalue weighted by Crippen LogP contribution is -2.45. The highest BCUT2D eigenvalue weighted by molar-refractivity contribution is 5.85. The molecule has 2 N–H and O–H groups in total. The van der Waals surface area contributed by atoms with E-state index in [1.54, 1.807) is 7.05 Å². The summed E-state index contributed by atoms with van der Waals surface area (Å²) >= 11 is 0. The van der Waals surface area contributed by atoms with Gasteiger partial charge >= 0.3 is 0 Å². The number of hydrogen-bond acceptors (Lipinski definition) is 3. The van der Waals surface area contributed by atoms with Crippen molar-refractivity contribution in [2.45, 2.75) is 25.7 Å². The Hall–Kier alpha value is -0.610. The third-order valence-electron chi connectivity index (χ3n) is 3.98. The van der Waals surface area contributed by atoms with Gasteiger partial charge in [-0.3, -0.25) is 10.2 Å². The zero-order valence-corrected chi connectivity index (χ0v) is 9.68. The van der Waals surface area contributed by atoms with Crippen molar-refractivity contribution in [2.24, 2.45) is 11.3 Å². The summed E-state index contributed by atoms with van der Waals surface area (Å²) in [6.07, 6.45) is 4.51. The van der Waals surface area contributed by atoms with Gasteiger partial charge in [-0.2, -0.15) is 0 Å². The van der Waals surface area contributed by atoms with E-state index in [0.717, 1.165) is 25.9 Å². The number of amides is 1. The van der Waals surface area contributed by atoms with Crippen LogP contribution in [0.1, 0.15) is 25.7 Å². The minimum atomic E-state index is -0.0235. The molecule has 1 aliphatic carbocycles. The van der Waals surface area contributed by atoms with Crippen LogP contribution in [0.2, 0.25) is 0 Å². The molecule has 86 valence electrons. The van der Waals surface area contributed by atoms with Crippen LogP contribution in [0.4, 0.5) is 0 Å². The van der Waals surface area contributed by atoms with E-state index >= 15 is 0 Å². The minimum Gasteiger partial charge on any atom is -0.306 e. The molecule has 4 nitrogen and oxygen atoms in total. The van der Waals surface area contributed by atoms with Crippen molar-refractivity contribution in [1.82, 2.24) is 15.8 Å². The van der Waals surface area contributed by atoms with E-state index < -0.39 is 0 Å². The van der Waals surface area contributed by atoms with Crippen LogP contribution >= 0.6 is 0 Å². The summed E-state index contributed by atoms with van der Waals surface area (Å²) in [5.41, 5.74) is 5.48. The molecule has 0 aromatic heterocycles. The first-order valence-electron chi connectivity index (χ1n) is 5.85.